The van der Waals surface area contributed by atoms with Crippen LogP contribution in [0.4, 0.5) is 5.69 Å². The van der Waals surface area contributed by atoms with Gasteiger partial charge in [0.1, 0.15) is 17.3 Å². The molecule has 0 bridgehead atoms. The third-order valence-corrected chi connectivity index (χ3v) is 4.67. The Morgan fingerprint density at radius 1 is 1.14 bits per heavy atom. The first kappa shape index (κ1) is 22.2. The van der Waals surface area contributed by atoms with Crippen molar-refractivity contribution in [3.05, 3.63) is 59.2 Å². The Labute approximate surface area is 173 Å². The van der Waals surface area contributed by atoms with Gasteiger partial charge in [0.05, 0.1) is 11.3 Å². The molecule has 0 aliphatic carbocycles. The van der Waals surface area contributed by atoms with E-state index in [1.807, 2.05) is 33.8 Å². The van der Waals surface area contributed by atoms with Crippen LogP contribution in [0, 0.1) is 6.92 Å². The molecule has 1 N–H and O–H groups in total. The summed E-state index contributed by atoms with van der Waals surface area (Å²) in [4.78, 5) is 12.3. The Bertz CT molecular complexity index is 784. The van der Waals surface area contributed by atoms with Crippen LogP contribution in [0.25, 0.3) is 0 Å². The van der Waals surface area contributed by atoms with Crippen molar-refractivity contribution in [2.75, 3.05) is 23.6 Å². The second kappa shape index (κ2) is 10.4. The quantitative estimate of drug-likeness (QED) is 0.332. The van der Waals surface area contributed by atoms with Crippen molar-refractivity contribution in [2.45, 2.75) is 46.6 Å². The number of aryl methyl sites for hydroxylation is 2. The summed E-state index contributed by atoms with van der Waals surface area (Å²) < 4.78 is 11.4. The van der Waals surface area contributed by atoms with Gasteiger partial charge in [-0.2, -0.15) is 0 Å². The summed E-state index contributed by atoms with van der Waals surface area (Å²) in [5.74, 6) is 1.98. The van der Waals surface area contributed by atoms with E-state index in [9.17, 15) is 4.79 Å². The van der Waals surface area contributed by atoms with Crippen LogP contribution < -0.4 is 10.1 Å². The van der Waals surface area contributed by atoms with Crippen LogP contribution in [0.15, 0.2) is 42.5 Å². The highest BCUT2D eigenvalue weighted by Gasteiger charge is 2.19. The molecule has 0 atom stereocenters. The fraction of sp³-hybridized carbons (Fsp3) is 0.435. The van der Waals surface area contributed by atoms with Crippen molar-refractivity contribution < 1.29 is 14.3 Å². The van der Waals surface area contributed by atoms with Crippen molar-refractivity contribution in [1.29, 1.82) is 0 Å². The molecule has 0 amide bonds. The van der Waals surface area contributed by atoms with E-state index >= 15 is 0 Å². The maximum Gasteiger partial charge on any atom is 0.338 e. The molecule has 0 heterocycles. The van der Waals surface area contributed by atoms with Gasteiger partial charge in [0.25, 0.3) is 0 Å². The lowest BCUT2D eigenvalue weighted by atomic mass is 10.1. The lowest BCUT2D eigenvalue weighted by molar-refractivity contribution is 0.00695. The van der Waals surface area contributed by atoms with Crippen molar-refractivity contribution in [3.63, 3.8) is 0 Å². The molecule has 0 saturated heterocycles. The molecule has 0 unspecified atom stereocenters. The molecule has 0 saturated carbocycles. The third kappa shape index (κ3) is 7.47. The number of carbonyl (C=O) groups is 1. The number of benzene rings is 2. The van der Waals surface area contributed by atoms with Gasteiger partial charge < -0.3 is 14.8 Å². The predicted molar refractivity (Wildman–Crippen MR) is 119 cm³/mol. The Morgan fingerprint density at radius 3 is 2.61 bits per heavy atom. The van der Waals surface area contributed by atoms with E-state index in [-0.39, 0.29) is 5.97 Å². The van der Waals surface area contributed by atoms with Gasteiger partial charge in [-0.05, 0) is 64.8 Å². The molecule has 5 heteroatoms. The van der Waals surface area contributed by atoms with Crippen LogP contribution >= 0.6 is 11.8 Å². The van der Waals surface area contributed by atoms with E-state index in [0.29, 0.717) is 11.5 Å². The van der Waals surface area contributed by atoms with Gasteiger partial charge in [-0.1, -0.05) is 29.8 Å². The second-order valence-electron chi connectivity index (χ2n) is 7.65. The third-order valence-electron chi connectivity index (χ3n) is 3.90. The molecule has 0 aromatic heterocycles. The van der Waals surface area contributed by atoms with Crippen LogP contribution in [0.5, 0.6) is 5.75 Å². The lowest BCUT2D eigenvalue weighted by Crippen LogP contribution is -2.24. The van der Waals surface area contributed by atoms with Crippen LogP contribution in [-0.4, -0.2) is 29.8 Å². The molecule has 0 radical (unpaired) electrons. The topological polar surface area (TPSA) is 47.6 Å². The molecule has 0 spiro atoms. The molecule has 2 aromatic rings. The minimum Gasteiger partial charge on any atom is -0.481 e. The maximum atomic E-state index is 12.3. The second-order valence-corrected chi connectivity index (χ2v) is 8.70. The minimum absolute atomic E-state index is 0.328. The average molecular weight is 402 g/mol. The molecule has 2 aromatic carbocycles. The highest BCUT2D eigenvalue weighted by molar-refractivity contribution is 7.99. The summed E-state index contributed by atoms with van der Waals surface area (Å²) in [6, 6.07) is 14.0. The number of hydrogen-bond acceptors (Lipinski definition) is 5. The minimum atomic E-state index is -0.515. The Hall–Kier alpha value is -2.14. The lowest BCUT2D eigenvalue weighted by Gasteiger charge is -2.20. The molecule has 0 aliphatic rings. The normalized spacial score (nSPS) is 11.2. The number of anilines is 1. The van der Waals surface area contributed by atoms with Crippen molar-refractivity contribution in [2.24, 2.45) is 0 Å². The fourth-order valence-electron chi connectivity index (χ4n) is 2.67. The number of thioether (sulfide) groups is 1. The zero-order valence-electron chi connectivity index (χ0n) is 17.5. The summed E-state index contributed by atoms with van der Waals surface area (Å²) in [7, 11) is 0. The summed E-state index contributed by atoms with van der Waals surface area (Å²) in [6.45, 7) is 10.5. The molecule has 2 rings (SSSR count). The first-order valence-electron chi connectivity index (χ1n) is 9.66. The van der Waals surface area contributed by atoms with Gasteiger partial charge in [-0.25, -0.2) is 4.79 Å². The number of hydrogen-bond donors (Lipinski definition) is 1. The summed E-state index contributed by atoms with van der Waals surface area (Å²) in [6.07, 6.45) is 1.02. The monoisotopic (exact) mass is 401 g/mol. The zero-order valence-corrected chi connectivity index (χ0v) is 18.3. The van der Waals surface area contributed by atoms with Crippen molar-refractivity contribution in [1.82, 2.24) is 0 Å². The van der Waals surface area contributed by atoms with Crippen LogP contribution in [0.2, 0.25) is 0 Å². The molecule has 28 heavy (non-hydrogen) atoms. The van der Waals surface area contributed by atoms with E-state index < -0.39 is 5.60 Å². The van der Waals surface area contributed by atoms with Crippen LogP contribution in [0.3, 0.4) is 0 Å². The predicted octanol–water partition coefficient (Wildman–Crippen LogP) is 5.69. The van der Waals surface area contributed by atoms with Gasteiger partial charge in [0.2, 0.25) is 0 Å². The molecular weight excluding hydrogens is 370 g/mol. The van der Waals surface area contributed by atoms with Crippen LogP contribution in [0.1, 0.15) is 49.2 Å². The van der Waals surface area contributed by atoms with E-state index in [1.165, 1.54) is 11.1 Å². The fourth-order valence-corrected chi connectivity index (χ4v) is 3.38. The molecule has 4 nitrogen and oxygen atoms in total. The van der Waals surface area contributed by atoms with E-state index in [1.54, 1.807) is 23.9 Å². The van der Waals surface area contributed by atoms with Gasteiger partial charge in [-0.15, -0.1) is 11.8 Å². The van der Waals surface area contributed by atoms with Gasteiger partial charge in [0.15, 0.2) is 0 Å². The first-order valence-corrected chi connectivity index (χ1v) is 10.8. The zero-order chi connectivity index (χ0) is 20.6. The maximum absolute atomic E-state index is 12.3. The number of ether oxygens (including phenoxy) is 2. The van der Waals surface area contributed by atoms with E-state index in [2.05, 4.69) is 36.5 Å². The first-order chi connectivity index (χ1) is 13.3. The van der Waals surface area contributed by atoms with Gasteiger partial charge in [0, 0.05) is 12.3 Å². The molecule has 0 fully saturated rings. The SMILES string of the molecule is CCNc1cc(C(=O)OC(C)(C)C)ccc1OCSCCc1cccc(C)c1. The average Bonchev–Trinajstić information content (AvgIpc) is 2.61. The smallest absolute Gasteiger partial charge is 0.338 e. The number of rotatable bonds is 9. The van der Waals surface area contributed by atoms with E-state index in [4.69, 9.17) is 9.47 Å². The summed E-state index contributed by atoms with van der Waals surface area (Å²) in [5, 5.41) is 3.27. The highest BCUT2D eigenvalue weighted by atomic mass is 32.2. The van der Waals surface area contributed by atoms with Crippen LogP contribution in [-0.2, 0) is 11.2 Å². The Kier molecular flexibility index (Phi) is 8.24. The highest BCUT2D eigenvalue weighted by Crippen LogP contribution is 2.28. The number of carbonyl (C=O) groups excluding carboxylic acids is 1. The molecule has 152 valence electrons. The Morgan fingerprint density at radius 2 is 1.93 bits per heavy atom. The Balaban J connectivity index is 1.90. The largest absolute Gasteiger partial charge is 0.481 e. The summed E-state index contributed by atoms with van der Waals surface area (Å²) in [5.41, 5.74) is 3.45. The molecular formula is C23H31NO3S. The van der Waals surface area contributed by atoms with Gasteiger partial charge in [-0.3, -0.25) is 0 Å². The number of nitrogens with one attached hydrogen (secondary N) is 1. The van der Waals surface area contributed by atoms with Crippen molar-refractivity contribution >= 4 is 23.4 Å². The number of esters is 1. The standard InChI is InChI=1S/C23H31NO3S/c1-6-24-20-15-19(22(25)27-23(3,4)5)10-11-21(20)26-16-28-13-12-18-9-7-8-17(2)14-18/h7-11,14-15,24H,6,12-13,16H2,1-5H3. The summed E-state index contributed by atoms with van der Waals surface area (Å²) >= 11 is 1.75. The van der Waals surface area contributed by atoms with Gasteiger partial charge >= 0.3 is 5.97 Å². The van der Waals surface area contributed by atoms with Crippen molar-refractivity contribution in [3.8, 4) is 5.75 Å². The van der Waals surface area contributed by atoms with E-state index in [0.717, 1.165) is 30.2 Å². The molecule has 0 aliphatic heterocycles.